The molecule has 0 fully saturated rings. The Morgan fingerprint density at radius 3 is 2.25 bits per heavy atom. The van der Waals surface area contributed by atoms with Crippen molar-refractivity contribution < 1.29 is 9.47 Å². The molecule has 140 valence electrons. The zero-order valence-electron chi connectivity index (χ0n) is 15.5. The molecule has 0 N–H and O–H groups in total. The highest BCUT2D eigenvalue weighted by atomic mass is 16.5. The number of hydrogen-bond donors (Lipinski definition) is 0. The lowest BCUT2D eigenvalue weighted by Gasteiger charge is -2.09. The van der Waals surface area contributed by atoms with Gasteiger partial charge in [-0.05, 0) is 48.4 Å². The Hall–Kier alpha value is -3.60. The summed E-state index contributed by atoms with van der Waals surface area (Å²) in [4.78, 5) is 16.7. The lowest BCUT2D eigenvalue weighted by molar-refractivity contribution is 0.294. The Kier molecular flexibility index (Phi) is 5.06. The van der Waals surface area contributed by atoms with Gasteiger partial charge in [-0.2, -0.15) is 0 Å². The number of hydrogen-bond acceptors (Lipinski definition) is 4. The minimum absolute atomic E-state index is 0.114. The van der Waals surface area contributed by atoms with Gasteiger partial charge in [-0.25, -0.2) is 4.98 Å². The molecule has 2 heterocycles. The number of pyridine rings is 1. The highest BCUT2D eigenvalue weighted by molar-refractivity contribution is 5.40. The highest BCUT2D eigenvalue weighted by Gasteiger charge is 2.04. The number of rotatable bonds is 6. The summed E-state index contributed by atoms with van der Waals surface area (Å²) < 4.78 is 13.1. The van der Waals surface area contributed by atoms with Crippen LogP contribution >= 0.6 is 0 Å². The van der Waals surface area contributed by atoms with E-state index in [-0.39, 0.29) is 12.2 Å². The van der Waals surface area contributed by atoms with Gasteiger partial charge in [-0.15, -0.1) is 0 Å². The molecule has 0 saturated heterocycles. The fourth-order valence-corrected chi connectivity index (χ4v) is 2.86. The van der Waals surface area contributed by atoms with E-state index < -0.39 is 0 Å². The van der Waals surface area contributed by atoms with Crippen LogP contribution in [-0.4, -0.2) is 9.38 Å². The summed E-state index contributed by atoms with van der Waals surface area (Å²) in [6.45, 7) is 2.69. The molecule has 0 saturated carbocycles. The second kappa shape index (κ2) is 7.96. The van der Waals surface area contributed by atoms with E-state index >= 15 is 0 Å². The van der Waals surface area contributed by atoms with E-state index in [4.69, 9.17) is 9.47 Å². The van der Waals surface area contributed by atoms with Gasteiger partial charge in [0.15, 0.2) is 0 Å². The smallest absolute Gasteiger partial charge is 0.258 e. The lowest BCUT2D eigenvalue weighted by Crippen LogP contribution is -2.16. The first-order chi connectivity index (χ1) is 13.7. The summed E-state index contributed by atoms with van der Waals surface area (Å²) in [6.07, 6.45) is 1.78. The molecule has 0 unspecified atom stereocenters. The molecule has 2 aromatic heterocycles. The molecule has 5 nitrogen and oxygen atoms in total. The largest absolute Gasteiger partial charge is 0.489 e. The maximum atomic E-state index is 12.2. The van der Waals surface area contributed by atoms with Crippen molar-refractivity contribution in [3.05, 3.63) is 106 Å². The number of aromatic nitrogens is 2. The molecule has 0 aliphatic heterocycles. The van der Waals surface area contributed by atoms with Crippen molar-refractivity contribution in [3.63, 3.8) is 0 Å². The summed E-state index contributed by atoms with van der Waals surface area (Å²) in [5.74, 6) is 1.46. The normalized spacial score (nSPS) is 10.8. The number of benzene rings is 2. The Bertz CT molecular complexity index is 1140. The molecule has 0 amide bonds. The minimum atomic E-state index is -0.114. The molecule has 0 bridgehead atoms. The predicted molar refractivity (Wildman–Crippen MR) is 108 cm³/mol. The van der Waals surface area contributed by atoms with Crippen molar-refractivity contribution in [1.82, 2.24) is 9.38 Å². The first-order valence-electron chi connectivity index (χ1n) is 9.06. The van der Waals surface area contributed by atoms with Gasteiger partial charge in [0, 0.05) is 12.3 Å². The summed E-state index contributed by atoms with van der Waals surface area (Å²) >= 11 is 0. The molecule has 0 aliphatic rings. The van der Waals surface area contributed by atoms with Crippen LogP contribution < -0.4 is 15.0 Å². The van der Waals surface area contributed by atoms with Gasteiger partial charge < -0.3 is 9.47 Å². The number of ether oxygens (including phenoxy) is 2. The van der Waals surface area contributed by atoms with Crippen LogP contribution in [0.25, 0.3) is 5.65 Å². The van der Waals surface area contributed by atoms with Crippen LogP contribution in [-0.2, 0) is 13.2 Å². The zero-order valence-corrected chi connectivity index (χ0v) is 15.5. The molecule has 0 aliphatic carbocycles. The van der Waals surface area contributed by atoms with Crippen molar-refractivity contribution in [2.45, 2.75) is 20.1 Å². The second-order valence-corrected chi connectivity index (χ2v) is 6.55. The fraction of sp³-hybridized carbons (Fsp3) is 0.130. The number of nitrogens with zero attached hydrogens (tertiary/aromatic N) is 2. The van der Waals surface area contributed by atoms with Gasteiger partial charge in [0.1, 0.15) is 30.4 Å². The summed E-state index contributed by atoms with van der Waals surface area (Å²) in [6, 6.07) is 22.7. The zero-order chi connectivity index (χ0) is 19.3. The first kappa shape index (κ1) is 17.8. The average Bonchev–Trinajstić information content (AvgIpc) is 2.73. The van der Waals surface area contributed by atoms with Crippen LogP contribution in [0, 0.1) is 6.92 Å². The molecule has 0 radical (unpaired) electrons. The van der Waals surface area contributed by atoms with E-state index in [1.54, 1.807) is 6.20 Å². The Labute approximate surface area is 162 Å². The number of fused-ring (bicyclic) bond motifs is 1. The van der Waals surface area contributed by atoms with Crippen molar-refractivity contribution in [2.75, 3.05) is 0 Å². The Morgan fingerprint density at radius 1 is 0.857 bits per heavy atom. The third-order valence-corrected chi connectivity index (χ3v) is 4.32. The van der Waals surface area contributed by atoms with Crippen molar-refractivity contribution >= 4 is 5.65 Å². The van der Waals surface area contributed by atoms with E-state index in [0.29, 0.717) is 23.7 Å². The van der Waals surface area contributed by atoms with Gasteiger partial charge in [0.2, 0.25) is 0 Å². The maximum Gasteiger partial charge on any atom is 0.258 e. The van der Waals surface area contributed by atoms with Gasteiger partial charge in [0.25, 0.3) is 5.56 Å². The minimum Gasteiger partial charge on any atom is -0.489 e. The molecule has 28 heavy (non-hydrogen) atoms. The highest BCUT2D eigenvalue weighted by Crippen LogP contribution is 2.19. The molecule has 0 atom stereocenters. The van der Waals surface area contributed by atoms with Gasteiger partial charge in [0.05, 0.1) is 5.69 Å². The van der Waals surface area contributed by atoms with Crippen LogP contribution in [0.3, 0.4) is 0 Å². The topological polar surface area (TPSA) is 52.8 Å². The van der Waals surface area contributed by atoms with Gasteiger partial charge >= 0.3 is 0 Å². The van der Waals surface area contributed by atoms with Gasteiger partial charge in [-0.1, -0.05) is 36.4 Å². The van der Waals surface area contributed by atoms with E-state index in [9.17, 15) is 4.79 Å². The van der Waals surface area contributed by atoms with Crippen molar-refractivity contribution in [2.24, 2.45) is 0 Å². The molecule has 4 aromatic rings. The molecule has 2 aromatic carbocycles. The summed E-state index contributed by atoms with van der Waals surface area (Å²) in [5.41, 5.74) is 3.22. The van der Waals surface area contributed by atoms with E-state index in [1.165, 1.54) is 10.5 Å². The molecular weight excluding hydrogens is 352 g/mol. The standard InChI is InChI=1S/C23H20N2O3/c1-17-7-12-22-24-19(13-23(26)25(22)14-17)16-28-21-10-8-20(9-11-21)27-15-18-5-3-2-4-6-18/h2-14H,15-16H2,1H3. The van der Waals surface area contributed by atoms with Gasteiger partial charge in [-0.3, -0.25) is 9.20 Å². The molecule has 4 rings (SSSR count). The predicted octanol–water partition coefficient (Wildman–Crippen LogP) is 4.16. The van der Waals surface area contributed by atoms with E-state index in [0.717, 1.165) is 16.9 Å². The average molecular weight is 372 g/mol. The summed E-state index contributed by atoms with van der Waals surface area (Å²) in [5, 5.41) is 0. The van der Waals surface area contributed by atoms with Crippen LogP contribution in [0.4, 0.5) is 0 Å². The molecule has 0 spiro atoms. The lowest BCUT2D eigenvalue weighted by atomic mass is 10.2. The van der Waals surface area contributed by atoms with Crippen LogP contribution in [0.15, 0.2) is 83.8 Å². The maximum absolute atomic E-state index is 12.2. The van der Waals surface area contributed by atoms with Crippen molar-refractivity contribution in [3.8, 4) is 11.5 Å². The Morgan fingerprint density at radius 2 is 1.54 bits per heavy atom. The molecule has 5 heteroatoms. The van der Waals surface area contributed by atoms with E-state index in [2.05, 4.69) is 4.98 Å². The van der Waals surface area contributed by atoms with Crippen LogP contribution in [0.5, 0.6) is 11.5 Å². The van der Waals surface area contributed by atoms with Crippen LogP contribution in [0.1, 0.15) is 16.8 Å². The fourth-order valence-electron chi connectivity index (χ4n) is 2.86. The monoisotopic (exact) mass is 372 g/mol. The second-order valence-electron chi connectivity index (χ2n) is 6.55. The molecular formula is C23H20N2O3. The van der Waals surface area contributed by atoms with E-state index in [1.807, 2.05) is 73.7 Å². The third kappa shape index (κ3) is 4.20. The van der Waals surface area contributed by atoms with Crippen molar-refractivity contribution in [1.29, 1.82) is 0 Å². The first-order valence-corrected chi connectivity index (χ1v) is 9.06. The summed E-state index contributed by atoms with van der Waals surface area (Å²) in [7, 11) is 0. The van der Waals surface area contributed by atoms with Crippen LogP contribution in [0.2, 0.25) is 0 Å². The third-order valence-electron chi connectivity index (χ3n) is 4.32. The number of aryl methyl sites for hydroxylation is 1. The Balaban J connectivity index is 1.39. The quantitative estimate of drug-likeness (QED) is 0.510. The SMILES string of the molecule is Cc1ccc2nc(COc3ccc(OCc4ccccc4)cc3)cc(=O)n2c1.